The number of hydrogen-bond donors (Lipinski definition) is 1. The Labute approximate surface area is 78.4 Å². The van der Waals surface area contributed by atoms with Crippen molar-refractivity contribution in [3.8, 4) is 6.07 Å². The first-order valence-electron chi connectivity index (χ1n) is 4.16. The highest BCUT2D eigenvalue weighted by Gasteiger charge is 2.09. The van der Waals surface area contributed by atoms with Crippen LogP contribution in [0.25, 0.3) is 0 Å². The third-order valence-corrected chi connectivity index (χ3v) is 2.00. The molecular formula is C11H12NO. The molecule has 0 saturated carbocycles. The molecule has 1 N–H and O–H groups in total. The van der Waals surface area contributed by atoms with Crippen LogP contribution in [0.3, 0.4) is 0 Å². The molecule has 0 fully saturated rings. The smallest absolute Gasteiger partial charge is 0.0998 e. The standard InChI is InChI=1S/C11H12NO/c1-8(2)10-5-3-4-9(7-13)11(10)6-12/h3-5,8,13H,1,7H2,2H3. The van der Waals surface area contributed by atoms with Gasteiger partial charge in [0.25, 0.3) is 0 Å². The van der Waals surface area contributed by atoms with Crippen LogP contribution in [0, 0.1) is 18.3 Å². The van der Waals surface area contributed by atoms with Crippen molar-refractivity contribution in [1.82, 2.24) is 0 Å². The van der Waals surface area contributed by atoms with Crippen molar-refractivity contribution < 1.29 is 5.11 Å². The van der Waals surface area contributed by atoms with Gasteiger partial charge in [-0.15, -0.1) is 0 Å². The molecule has 0 spiro atoms. The molecule has 1 aromatic rings. The second-order valence-electron chi connectivity index (χ2n) is 3.05. The van der Waals surface area contributed by atoms with Crippen LogP contribution in [0.2, 0.25) is 0 Å². The molecule has 67 valence electrons. The van der Waals surface area contributed by atoms with Crippen LogP contribution in [0.5, 0.6) is 0 Å². The summed E-state index contributed by atoms with van der Waals surface area (Å²) in [4.78, 5) is 0. The van der Waals surface area contributed by atoms with Gasteiger partial charge in [-0.2, -0.15) is 5.26 Å². The van der Waals surface area contributed by atoms with Crippen molar-refractivity contribution in [2.24, 2.45) is 0 Å². The van der Waals surface area contributed by atoms with Crippen molar-refractivity contribution in [1.29, 1.82) is 5.26 Å². The lowest BCUT2D eigenvalue weighted by Crippen LogP contribution is -1.98. The predicted molar refractivity (Wildman–Crippen MR) is 50.9 cm³/mol. The highest BCUT2D eigenvalue weighted by atomic mass is 16.3. The molecule has 1 radical (unpaired) electrons. The minimum atomic E-state index is -0.0938. The Morgan fingerprint density at radius 1 is 1.62 bits per heavy atom. The lowest BCUT2D eigenvalue weighted by molar-refractivity contribution is 0.281. The average Bonchev–Trinajstić information content (AvgIpc) is 2.16. The number of benzene rings is 1. The summed E-state index contributed by atoms with van der Waals surface area (Å²) in [6, 6.07) is 7.56. The quantitative estimate of drug-likeness (QED) is 0.745. The minimum Gasteiger partial charge on any atom is -0.392 e. The van der Waals surface area contributed by atoms with Gasteiger partial charge < -0.3 is 5.11 Å². The maximum absolute atomic E-state index is 8.98. The summed E-state index contributed by atoms with van der Waals surface area (Å²) in [7, 11) is 0. The molecular weight excluding hydrogens is 162 g/mol. The van der Waals surface area contributed by atoms with Gasteiger partial charge in [0.15, 0.2) is 0 Å². The average molecular weight is 174 g/mol. The molecule has 13 heavy (non-hydrogen) atoms. The summed E-state index contributed by atoms with van der Waals surface area (Å²) in [6.45, 7) is 5.69. The third kappa shape index (κ3) is 1.88. The zero-order valence-electron chi connectivity index (χ0n) is 7.62. The number of aliphatic hydroxyl groups excluding tert-OH is 1. The van der Waals surface area contributed by atoms with Crippen molar-refractivity contribution >= 4 is 0 Å². The van der Waals surface area contributed by atoms with Crippen molar-refractivity contribution in [2.75, 3.05) is 0 Å². The summed E-state index contributed by atoms with van der Waals surface area (Å²) >= 11 is 0. The lowest BCUT2D eigenvalue weighted by Gasteiger charge is -2.09. The maximum atomic E-state index is 8.98. The molecule has 0 aliphatic carbocycles. The molecule has 0 bridgehead atoms. The van der Waals surface area contributed by atoms with Crippen LogP contribution < -0.4 is 0 Å². The molecule has 2 nitrogen and oxygen atoms in total. The molecule has 1 atom stereocenters. The van der Waals surface area contributed by atoms with E-state index in [4.69, 9.17) is 10.4 Å². The number of rotatable bonds is 2. The number of nitrogens with zero attached hydrogens (tertiary/aromatic N) is 1. The van der Waals surface area contributed by atoms with E-state index in [1.165, 1.54) is 0 Å². The Balaban J connectivity index is 3.29. The van der Waals surface area contributed by atoms with Crippen LogP contribution in [0.15, 0.2) is 18.2 Å². The molecule has 0 aliphatic heterocycles. The molecule has 2 heteroatoms. The fourth-order valence-corrected chi connectivity index (χ4v) is 1.30. The molecule has 1 rings (SSSR count). The summed E-state index contributed by atoms with van der Waals surface area (Å²) in [5, 5.41) is 17.9. The molecule has 1 unspecified atom stereocenters. The summed E-state index contributed by atoms with van der Waals surface area (Å²) in [5.41, 5.74) is 2.14. The monoisotopic (exact) mass is 174 g/mol. The Hall–Kier alpha value is -1.33. The van der Waals surface area contributed by atoms with Gasteiger partial charge in [0.1, 0.15) is 0 Å². The Kier molecular flexibility index (Phi) is 3.05. The first-order chi connectivity index (χ1) is 6.20. The van der Waals surface area contributed by atoms with Gasteiger partial charge in [-0.1, -0.05) is 25.1 Å². The van der Waals surface area contributed by atoms with Crippen molar-refractivity contribution in [2.45, 2.75) is 19.4 Å². The van der Waals surface area contributed by atoms with Gasteiger partial charge in [0.2, 0.25) is 0 Å². The summed E-state index contributed by atoms with van der Waals surface area (Å²) < 4.78 is 0. The third-order valence-electron chi connectivity index (χ3n) is 2.00. The van der Waals surface area contributed by atoms with Gasteiger partial charge in [0.05, 0.1) is 18.2 Å². The van der Waals surface area contributed by atoms with E-state index in [2.05, 4.69) is 13.0 Å². The van der Waals surface area contributed by atoms with E-state index in [0.717, 1.165) is 5.56 Å². The van der Waals surface area contributed by atoms with Crippen LogP contribution >= 0.6 is 0 Å². The first-order valence-corrected chi connectivity index (χ1v) is 4.16. The second kappa shape index (κ2) is 4.06. The number of hydrogen-bond acceptors (Lipinski definition) is 2. The molecule has 0 saturated heterocycles. The van der Waals surface area contributed by atoms with Gasteiger partial charge in [0, 0.05) is 0 Å². The van der Waals surface area contributed by atoms with Crippen LogP contribution in [0.1, 0.15) is 29.5 Å². The van der Waals surface area contributed by atoms with E-state index < -0.39 is 0 Å². The Bertz CT molecular complexity index is 336. The van der Waals surface area contributed by atoms with E-state index >= 15 is 0 Å². The fraction of sp³-hybridized carbons (Fsp3) is 0.273. The lowest BCUT2D eigenvalue weighted by atomic mass is 9.94. The molecule has 0 amide bonds. The topological polar surface area (TPSA) is 44.0 Å². The fourth-order valence-electron chi connectivity index (χ4n) is 1.30. The van der Waals surface area contributed by atoms with E-state index in [1.807, 2.05) is 19.1 Å². The largest absolute Gasteiger partial charge is 0.392 e. The van der Waals surface area contributed by atoms with E-state index in [0.29, 0.717) is 11.1 Å². The van der Waals surface area contributed by atoms with Gasteiger partial charge in [-0.25, -0.2) is 0 Å². The predicted octanol–water partition coefficient (Wildman–Crippen LogP) is 1.99. The van der Waals surface area contributed by atoms with Crippen LogP contribution in [-0.2, 0) is 6.61 Å². The van der Waals surface area contributed by atoms with E-state index in [9.17, 15) is 0 Å². The van der Waals surface area contributed by atoms with Crippen LogP contribution in [-0.4, -0.2) is 5.11 Å². The van der Waals surface area contributed by atoms with Crippen molar-refractivity contribution in [3.63, 3.8) is 0 Å². The number of aliphatic hydroxyl groups is 1. The zero-order valence-corrected chi connectivity index (χ0v) is 7.62. The Morgan fingerprint density at radius 2 is 2.31 bits per heavy atom. The van der Waals surface area contributed by atoms with Crippen LogP contribution in [0.4, 0.5) is 0 Å². The van der Waals surface area contributed by atoms with Gasteiger partial charge in [-0.3, -0.25) is 0 Å². The van der Waals surface area contributed by atoms with E-state index in [1.54, 1.807) is 6.07 Å². The zero-order chi connectivity index (χ0) is 9.84. The van der Waals surface area contributed by atoms with E-state index in [-0.39, 0.29) is 12.5 Å². The minimum absolute atomic E-state index is 0.0705. The SMILES string of the molecule is [CH2]C(C)c1cccc(CO)c1C#N. The van der Waals surface area contributed by atoms with Gasteiger partial charge >= 0.3 is 0 Å². The molecule has 0 aromatic heterocycles. The Morgan fingerprint density at radius 3 is 2.77 bits per heavy atom. The second-order valence-corrected chi connectivity index (χ2v) is 3.05. The molecule has 0 heterocycles. The normalized spacial score (nSPS) is 10.1. The highest BCUT2D eigenvalue weighted by Crippen LogP contribution is 2.21. The summed E-state index contributed by atoms with van der Waals surface area (Å²) in [6.07, 6.45) is 0. The first kappa shape index (κ1) is 9.76. The summed E-state index contributed by atoms with van der Waals surface area (Å²) in [5.74, 6) is 0.0705. The molecule has 0 aliphatic rings. The molecule has 1 aromatic carbocycles. The highest BCUT2D eigenvalue weighted by molar-refractivity contribution is 5.45. The van der Waals surface area contributed by atoms with Gasteiger partial charge in [-0.05, 0) is 24.0 Å². The van der Waals surface area contributed by atoms with Crippen molar-refractivity contribution in [3.05, 3.63) is 41.8 Å². The number of nitriles is 1. The maximum Gasteiger partial charge on any atom is 0.0998 e.